The number of nitrogens with zero attached hydrogens (tertiary/aromatic N) is 3. The van der Waals surface area contributed by atoms with E-state index in [0.717, 1.165) is 5.56 Å². The molecule has 1 aromatic rings. The summed E-state index contributed by atoms with van der Waals surface area (Å²) >= 11 is 0. The molecule has 100 valence electrons. The minimum atomic E-state index is -0.638. The van der Waals surface area contributed by atoms with Crippen LogP contribution in [0.3, 0.4) is 0 Å². The van der Waals surface area contributed by atoms with Crippen molar-refractivity contribution in [3.8, 4) is 18.0 Å². The van der Waals surface area contributed by atoms with Crippen LogP contribution in [-0.2, 0) is 4.79 Å². The van der Waals surface area contributed by atoms with Crippen LogP contribution in [0.4, 0.5) is 0 Å². The van der Waals surface area contributed by atoms with Crippen molar-refractivity contribution in [2.45, 2.75) is 12.3 Å². The van der Waals surface area contributed by atoms with Gasteiger partial charge in [-0.1, -0.05) is 12.1 Å². The van der Waals surface area contributed by atoms with Crippen LogP contribution in [0.2, 0.25) is 0 Å². The van der Waals surface area contributed by atoms with Gasteiger partial charge in [-0.25, -0.2) is 0 Å². The standard InChI is InChI=1S/C14H12N4O2/c1-20-10-4-2-9(3-5-10)11-6-13(19)18-14(17-8-16)12(11)7-15/h2-5,11-12H,6H2,1H3,(H,17,18,19). The minimum Gasteiger partial charge on any atom is -0.497 e. The highest BCUT2D eigenvalue weighted by molar-refractivity contribution is 6.04. The van der Waals surface area contributed by atoms with E-state index in [1.807, 2.05) is 12.1 Å². The highest BCUT2D eigenvalue weighted by Crippen LogP contribution is 2.32. The summed E-state index contributed by atoms with van der Waals surface area (Å²) in [6.07, 6.45) is 1.80. The summed E-state index contributed by atoms with van der Waals surface area (Å²) in [5.41, 5.74) is 0.845. The maximum atomic E-state index is 11.7. The number of methoxy groups -OCH3 is 1. The first-order chi connectivity index (χ1) is 9.69. The predicted octanol–water partition coefficient (Wildman–Crippen LogP) is 1.32. The summed E-state index contributed by atoms with van der Waals surface area (Å²) in [5.74, 6) is -0.376. The Kier molecular flexibility index (Phi) is 3.97. The molecule has 6 heteroatoms. The van der Waals surface area contributed by atoms with E-state index < -0.39 is 5.92 Å². The van der Waals surface area contributed by atoms with Crippen molar-refractivity contribution in [2.24, 2.45) is 10.9 Å². The maximum absolute atomic E-state index is 11.7. The molecule has 20 heavy (non-hydrogen) atoms. The van der Waals surface area contributed by atoms with Crippen LogP contribution >= 0.6 is 0 Å². The van der Waals surface area contributed by atoms with Gasteiger partial charge in [0.05, 0.1) is 13.2 Å². The molecule has 0 radical (unpaired) electrons. The Morgan fingerprint density at radius 1 is 1.35 bits per heavy atom. The van der Waals surface area contributed by atoms with E-state index in [0.29, 0.717) is 5.75 Å². The van der Waals surface area contributed by atoms with Crippen molar-refractivity contribution in [3.05, 3.63) is 29.8 Å². The number of nitrogens with one attached hydrogen (secondary N) is 1. The Bertz CT molecular complexity index is 622. The van der Waals surface area contributed by atoms with Crippen LogP contribution in [0.5, 0.6) is 5.75 Å². The molecule has 1 aliphatic rings. The average molecular weight is 268 g/mol. The molecule has 2 rings (SSSR count). The third-order valence-corrected chi connectivity index (χ3v) is 3.22. The third kappa shape index (κ3) is 2.60. The van der Waals surface area contributed by atoms with E-state index in [4.69, 9.17) is 10.00 Å². The van der Waals surface area contributed by atoms with Gasteiger partial charge in [0.25, 0.3) is 0 Å². The van der Waals surface area contributed by atoms with Crippen molar-refractivity contribution in [1.29, 1.82) is 10.5 Å². The molecule has 2 unspecified atom stereocenters. The number of piperidine rings is 1. The van der Waals surface area contributed by atoms with Crippen LogP contribution in [0, 0.1) is 28.7 Å². The number of nitriles is 2. The first-order valence-electron chi connectivity index (χ1n) is 5.99. The lowest BCUT2D eigenvalue weighted by Crippen LogP contribution is -2.44. The molecule has 6 nitrogen and oxygen atoms in total. The Labute approximate surface area is 116 Å². The Morgan fingerprint density at radius 2 is 2.05 bits per heavy atom. The predicted molar refractivity (Wildman–Crippen MR) is 70.6 cm³/mol. The van der Waals surface area contributed by atoms with Gasteiger partial charge in [-0.05, 0) is 17.7 Å². The molecule has 1 saturated heterocycles. The van der Waals surface area contributed by atoms with Crippen LogP contribution in [0.1, 0.15) is 17.9 Å². The zero-order valence-corrected chi connectivity index (χ0v) is 10.8. The number of amidine groups is 1. The molecule has 0 bridgehead atoms. The lowest BCUT2D eigenvalue weighted by molar-refractivity contribution is -0.120. The first-order valence-corrected chi connectivity index (χ1v) is 5.99. The monoisotopic (exact) mass is 268 g/mol. The SMILES string of the molecule is COc1ccc(C2CC(=O)NC(=NC#N)C2C#N)cc1. The smallest absolute Gasteiger partial charge is 0.226 e. The van der Waals surface area contributed by atoms with E-state index in [9.17, 15) is 10.1 Å². The van der Waals surface area contributed by atoms with Gasteiger partial charge < -0.3 is 10.1 Å². The summed E-state index contributed by atoms with van der Waals surface area (Å²) in [6, 6.07) is 9.29. The summed E-state index contributed by atoms with van der Waals surface area (Å²) in [4.78, 5) is 15.2. The summed E-state index contributed by atoms with van der Waals surface area (Å²) in [5, 5.41) is 20.4. The minimum absolute atomic E-state index is 0.118. The molecule has 1 heterocycles. The second-order valence-electron chi connectivity index (χ2n) is 4.34. The molecule has 2 atom stereocenters. The van der Waals surface area contributed by atoms with E-state index >= 15 is 0 Å². The number of aliphatic imine (C=N–C) groups is 1. The fraction of sp³-hybridized carbons (Fsp3) is 0.286. The van der Waals surface area contributed by atoms with Gasteiger partial charge in [0.1, 0.15) is 17.5 Å². The first kappa shape index (κ1) is 13.6. The zero-order valence-electron chi connectivity index (χ0n) is 10.8. The number of hydrogen-bond donors (Lipinski definition) is 1. The van der Waals surface area contributed by atoms with Crippen molar-refractivity contribution in [1.82, 2.24) is 5.32 Å². The molecular weight excluding hydrogens is 256 g/mol. The van der Waals surface area contributed by atoms with Crippen LogP contribution in [-0.4, -0.2) is 18.9 Å². The summed E-state index contributed by atoms with van der Waals surface area (Å²) < 4.78 is 5.08. The average Bonchev–Trinajstić information content (AvgIpc) is 2.47. The maximum Gasteiger partial charge on any atom is 0.226 e. The van der Waals surface area contributed by atoms with Gasteiger partial charge in [0.15, 0.2) is 0 Å². The number of benzene rings is 1. The van der Waals surface area contributed by atoms with E-state index in [2.05, 4.69) is 16.4 Å². The highest BCUT2D eigenvalue weighted by atomic mass is 16.5. The van der Waals surface area contributed by atoms with E-state index in [1.165, 1.54) is 0 Å². The van der Waals surface area contributed by atoms with Crippen molar-refractivity contribution < 1.29 is 9.53 Å². The Morgan fingerprint density at radius 3 is 2.60 bits per heavy atom. The molecule has 1 N–H and O–H groups in total. The van der Waals surface area contributed by atoms with Crippen LogP contribution in [0.15, 0.2) is 29.3 Å². The molecule has 0 spiro atoms. The molecule has 0 aliphatic carbocycles. The quantitative estimate of drug-likeness (QED) is 0.817. The summed E-state index contributed by atoms with van der Waals surface area (Å²) in [6.45, 7) is 0. The number of carbonyl (C=O) groups is 1. The largest absolute Gasteiger partial charge is 0.497 e. The second-order valence-corrected chi connectivity index (χ2v) is 4.34. The molecule has 0 aromatic heterocycles. The molecule has 1 aliphatic heterocycles. The van der Waals surface area contributed by atoms with Gasteiger partial charge in [0.2, 0.25) is 12.1 Å². The lowest BCUT2D eigenvalue weighted by Gasteiger charge is -2.28. The van der Waals surface area contributed by atoms with Crippen molar-refractivity contribution >= 4 is 11.7 Å². The van der Waals surface area contributed by atoms with Crippen LogP contribution < -0.4 is 10.1 Å². The van der Waals surface area contributed by atoms with Gasteiger partial charge in [-0.15, -0.1) is 0 Å². The molecule has 1 amide bonds. The molecule has 0 saturated carbocycles. The van der Waals surface area contributed by atoms with Crippen molar-refractivity contribution in [2.75, 3.05) is 7.11 Å². The Hall–Kier alpha value is -2.86. The highest BCUT2D eigenvalue weighted by Gasteiger charge is 2.35. The van der Waals surface area contributed by atoms with Gasteiger partial charge in [-0.2, -0.15) is 15.5 Å². The number of rotatable bonds is 2. The number of hydrogen-bond acceptors (Lipinski definition) is 5. The summed E-state index contributed by atoms with van der Waals surface area (Å²) in [7, 11) is 1.57. The number of amides is 1. The van der Waals surface area contributed by atoms with E-state index in [1.54, 1.807) is 25.4 Å². The lowest BCUT2D eigenvalue weighted by atomic mass is 9.81. The van der Waals surface area contributed by atoms with Gasteiger partial charge in [-0.3, -0.25) is 4.79 Å². The van der Waals surface area contributed by atoms with Crippen molar-refractivity contribution in [3.63, 3.8) is 0 Å². The fourth-order valence-electron chi connectivity index (χ4n) is 2.24. The van der Waals surface area contributed by atoms with Gasteiger partial charge in [0, 0.05) is 12.3 Å². The second kappa shape index (κ2) is 5.85. The van der Waals surface area contributed by atoms with E-state index in [-0.39, 0.29) is 24.1 Å². The molecule has 1 fully saturated rings. The topological polar surface area (TPSA) is 98.3 Å². The normalized spacial score (nSPS) is 23.6. The Balaban J connectivity index is 2.37. The third-order valence-electron chi connectivity index (χ3n) is 3.22. The molecule has 1 aromatic carbocycles. The van der Waals surface area contributed by atoms with Crippen LogP contribution in [0.25, 0.3) is 0 Å². The number of ether oxygens (including phenoxy) is 1. The number of carbonyl (C=O) groups excluding carboxylic acids is 1. The molecular formula is C14H12N4O2. The zero-order chi connectivity index (χ0) is 14.5. The fourth-order valence-corrected chi connectivity index (χ4v) is 2.24. The van der Waals surface area contributed by atoms with Gasteiger partial charge >= 0.3 is 0 Å².